The molecule has 1 aliphatic heterocycles. The van der Waals surface area contributed by atoms with Gasteiger partial charge in [0.2, 0.25) is 11.8 Å². The van der Waals surface area contributed by atoms with Crippen molar-refractivity contribution in [3.63, 3.8) is 0 Å². The predicted octanol–water partition coefficient (Wildman–Crippen LogP) is 4.51. The third-order valence-electron chi connectivity index (χ3n) is 5.91. The highest BCUT2D eigenvalue weighted by atomic mass is 32.2. The average molecular weight is 522 g/mol. The Bertz CT molecular complexity index is 1260. The average Bonchev–Trinajstić information content (AvgIpc) is 2.85. The Labute approximate surface area is 221 Å². The molecule has 1 heterocycles. The van der Waals surface area contributed by atoms with E-state index in [0.29, 0.717) is 17.9 Å². The van der Waals surface area contributed by atoms with E-state index in [-0.39, 0.29) is 28.9 Å². The van der Waals surface area contributed by atoms with Crippen LogP contribution in [0, 0.1) is 38.0 Å². The van der Waals surface area contributed by atoms with E-state index in [4.69, 9.17) is 9.47 Å². The molecule has 8 nitrogen and oxygen atoms in total. The summed E-state index contributed by atoms with van der Waals surface area (Å²) < 4.78 is 10.9. The molecule has 37 heavy (non-hydrogen) atoms. The lowest BCUT2D eigenvalue weighted by atomic mass is 9.78. The van der Waals surface area contributed by atoms with Gasteiger partial charge in [-0.25, -0.2) is 0 Å². The summed E-state index contributed by atoms with van der Waals surface area (Å²) in [5.41, 5.74) is 4.44. The van der Waals surface area contributed by atoms with Crippen LogP contribution < -0.4 is 15.4 Å². The molecule has 194 valence electrons. The Morgan fingerprint density at radius 3 is 2.41 bits per heavy atom. The molecule has 9 heteroatoms. The molecule has 0 fully saturated rings. The molecule has 0 spiro atoms. The number of para-hydroxylation sites is 1. The number of nitrogens with one attached hydrogen (secondary N) is 2. The number of allylic oxidation sites excluding steroid dienone is 1. The second-order valence-corrected chi connectivity index (χ2v) is 9.62. The van der Waals surface area contributed by atoms with Crippen LogP contribution in [0.2, 0.25) is 0 Å². The standard InChI is InChI=1S/C28H31N3O5S/c1-6-35-21-11-9-8-10-19(21)23-20(14-29)27(31-26(33)24(23)28(34)36-7-2)37-15-22(32)30-25-17(4)12-16(3)13-18(25)5/h8-13,23-24H,6-7,15H2,1-5H3,(H,30,32)(H,31,33)/t23-,24-/m1/s1. The maximum atomic E-state index is 13.2. The summed E-state index contributed by atoms with van der Waals surface area (Å²) in [5, 5.41) is 16.0. The summed E-state index contributed by atoms with van der Waals surface area (Å²) in [7, 11) is 0. The minimum atomic E-state index is -1.27. The molecular weight excluding hydrogens is 490 g/mol. The topological polar surface area (TPSA) is 118 Å². The van der Waals surface area contributed by atoms with Gasteiger partial charge in [0.1, 0.15) is 11.7 Å². The predicted molar refractivity (Wildman–Crippen MR) is 143 cm³/mol. The highest BCUT2D eigenvalue weighted by Gasteiger charge is 2.45. The molecule has 0 unspecified atom stereocenters. The van der Waals surface area contributed by atoms with Gasteiger partial charge in [0, 0.05) is 17.2 Å². The highest BCUT2D eigenvalue weighted by molar-refractivity contribution is 8.03. The van der Waals surface area contributed by atoms with Crippen LogP contribution in [-0.2, 0) is 19.1 Å². The Balaban J connectivity index is 1.96. The molecule has 2 aromatic carbocycles. The van der Waals surface area contributed by atoms with Gasteiger partial charge in [-0.1, -0.05) is 47.7 Å². The first-order valence-electron chi connectivity index (χ1n) is 12.1. The molecule has 0 bridgehead atoms. The Morgan fingerprint density at radius 2 is 1.78 bits per heavy atom. The fourth-order valence-corrected chi connectivity index (χ4v) is 5.32. The Kier molecular flexibility index (Phi) is 9.36. The molecule has 2 atom stereocenters. The number of ether oxygens (including phenoxy) is 2. The zero-order valence-electron chi connectivity index (χ0n) is 21.6. The summed E-state index contributed by atoms with van der Waals surface area (Å²) in [6, 6.07) is 13.1. The number of anilines is 1. The third kappa shape index (κ3) is 6.33. The number of nitrogens with zero attached hydrogens (tertiary/aromatic N) is 1. The van der Waals surface area contributed by atoms with Gasteiger partial charge in [0.25, 0.3) is 0 Å². The maximum absolute atomic E-state index is 13.2. The van der Waals surface area contributed by atoms with Crippen molar-refractivity contribution >= 4 is 35.2 Å². The number of carbonyl (C=O) groups excluding carboxylic acids is 3. The second kappa shape index (κ2) is 12.5. The number of thioether (sulfide) groups is 1. The van der Waals surface area contributed by atoms with Crippen molar-refractivity contribution in [1.82, 2.24) is 5.32 Å². The lowest BCUT2D eigenvalue weighted by Gasteiger charge is -2.32. The molecular formula is C28H31N3O5S. The number of esters is 1. The maximum Gasteiger partial charge on any atom is 0.319 e. The summed E-state index contributed by atoms with van der Waals surface area (Å²) in [5.74, 6) is -3.37. The van der Waals surface area contributed by atoms with Gasteiger partial charge < -0.3 is 20.1 Å². The van der Waals surface area contributed by atoms with E-state index < -0.39 is 23.7 Å². The van der Waals surface area contributed by atoms with E-state index in [0.717, 1.165) is 34.1 Å². The fraction of sp³-hybridized carbons (Fsp3) is 0.357. The Hall–Kier alpha value is -3.77. The molecule has 0 saturated carbocycles. The number of aryl methyl sites for hydroxylation is 3. The van der Waals surface area contributed by atoms with E-state index in [1.807, 2.05) is 39.8 Å². The molecule has 1 aliphatic rings. The first kappa shape index (κ1) is 27.8. The molecule has 0 saturated heterocycles. The first-order chi connectivity index (χ1) is 17.7. The van der Waals surface area contributed by atoms with Crippen molar-refractivity contribution in [2.75, 3.05) is 24.3 Å². The Morgan fingerprint density at radius 1 is 1.11 bits per heavy atom. The zero-order chi connectivity index (χ0) is 27.1. The van der Waals surface area contributed by atoms with Gasteiger partial charge in [-0.05, 0) is 51.8 Å². The van der Waals surface area contributed by atoms with Crippen molar-refractivity contribution in [2.24, 2.45) is 5.92 Å². The fourth-order valence-electron chi connectivity index (χ4n) is 4.48. The molecule has 2 aromatic rings. The van der Waals surface area contributed by atoms with Crippen LogP contribution in [0.1, 0.15) is 42.0 Å². The van der Waals surface area contributed by atoms with Crippen molar-refractivity contribution in [3.8, 4) is 11.8 Å². The van der Waals surface area contributed by atoms with Gasteiger partial charge in [0.15, 0.2) is 0 Å². The smallest absolute Gasteiger partial charge is 0.319 e. The van der Waals surface area contributed by atoms with Crippen molar-refractivity contribution < 1.29 is 23.9 Å². The van der Waals surface area contributed by atoms with Gasteiger partial charge in [-0.2, -0.15) is 5.26 Å². The van der Waals surface area contributed by atoms with Gasteiger partial charge in [-0.15, -0.1) is 0 Å². The molecule has 2 amide bonds. The lowest BCUT2D eigenvalue weighted by Crippen LogP contribution is -2.44. The van der Waals surface area contributed by atoms with E-state index in [9.17, 15) is 19.6 Å². The zero-order valence-corrected chi connectivity index (χ0v) is 22.5. The second-order valence-electron chi connectivity index (χ2n) is 8.63. The lowest BCUT2D eigenvalue weighted by molar-refractivity contribution is -0.152. The van der Waals surface area contributed by atoms with E-state index in [2.05, 4.69) is 16.7 Å². The molecule has 3 rings (SSSR count). The number of carbonyl (C=O) groups is 3. The van der Waals surface area contributed by atoms with E-state index in [1.165, 1.54) is 0 Å². The summed E-state index contributed by atoms with van der Waals surface area (Å²) >= 11 is 1.04. The summed E-state index contributed by atoms with van der Waals surface area (Å²) in [4.78, 5) is 38.9. The number of rotatable bonds is 9. The van der Waals surface area contributed by atoms with Gasteiger partial charge >= 0.3 is 5.97 Å². The third-order valence-corrected chi connectivity index (χ3v) is 6.93. The number of hydrogen-bond donors (Lipinski definition) is 2. The van der Waals surface area contributed by atoms with Crippen LogP contribution >= 0.6 is 11.8 Å². The molecule has 2 N–H and O–H groups in total. The monoisotopic (exact) mass is 521 g/mol. The van der Waals surface area contributed by atoms with Crippen molar-refractivity contribution in [1.29, 1.82) is 5.26 Å². The first-order valence-corrected chi connectivity index (χ1v) is 13.0. The molecule has 0 radical (unpaired) electrons. The van der Waals surface area contributed by atoms with Gasteiger partial charge in [0.05, 0.1) is 35.6 Å². The molecule has 0 aromatic heterocycles. The van der Waals surface area contributed by atoms with Crippen LogP contribution in [0.5, 0.6) is 5.75 Å². The normalized spacial score (nSPS) is 17.0. The van der Waals surface area contributed by atoms with Crippen molar-refractivity contribution in [3.05, 3.63) is 69.3 Å². The minimum absolute atomic E-state index is 0.0442. The quantitative estimate of drug-likeness (QED) is 0.368. The largest absolute Gasteiger partial charge is 0.494 e. The summed E-state index contributed by atoms with van der Waals surface area (Å²) in [6.45, 7) is 9.78. The minimum Gasteiger partial charge on any atom is -0.494 e. The highest BCUT2D eigenvalue weighted by Crippen LogP contribution is 2.43. The van der Waals surface area contributed by atoms with E-state index >= 15 is 0 Å². The van der Waals surface area contributed by atoms with Crippen LogP contribution in [0.15, 0.2) is 47.0 Å². The summed E-state index contributed by atoms with van der Waals surface area (Å²) in [6.07, 6.45) is 0. The van der Waals surface area contributed by atoms with Gasteiger partial charge in [-0.3, -0.25) is 14.4 Å². The molecule has 0 aliphatic carbocycles. The van der Waals surface area contributed by atoms with Crippen LogP contribution in [0.3, 0.4) is 0 Å². The number of hydrogen-bond acceptors (Lipinski definition) is 7. The number of nitriles is 1. The number of amides is 2. The van der Waals surface area contributed by atoms with Crippen LogP contribution in [0.25, 0.3) is 0 Å². The number of benzene rings is 2. The van der Waals surface area contributed by atoms with Crippen LogP contribution in [0.4, 0.5) is 5.69 Å². The van der Waals surface area contributed by atoms with Crippen molar-refractivity contribution in [2.45, 2.75) is 40.5 Å². The van der Waals surface area contributed by atoms with E-state index in [1.54, 1.807) is 31.2 Å². The van der Waals surface area contributed by atoms with Crippen LogP contribution in [-0.4, -0.2) is 36.8 Å². The SMILES string of the molecule is CCOC(=O)[C@H]1C(=O)NC(SCC(=O)Nc2c(C)cc(C)cc2C)=C(C#N)[C@H]1c1ccccc1OCC.